The van der Waals surface area contributed by atoms with Gasteiger partial charge in [0.05, 0.1) is 5.69 Å². The van der Waals surface area contributed by atoms with E-state index in [0.29, 0.717) is 24.5 Å². The molecule has 0 bridgehead atoms. The van der Waals surface area contributed by atoms with Crippen LogP contribution in [0.15, 0.2) is 38.2 Å². The molecule has 1 fully saturated rings. The maximum atomic E-state index is 12.8. The van der Waals surface area contributed by atoms with Crippen LogP contribution in [0, 0.1) is 13.8 Å². The van der Waals surface area contributed by atoms with Gasteiger partial charge < -0.3 is 14.7 Å². The maximum absolute atomic E-state index is 12.8. The Hall–Kier alpha value is -1.91. The molecule has 3 rings (SSSR count). The fourth-order valence-corrected chi connectivity index (χ4v) is 4.96. The molecule has 2 aromatic rings. The van der Waals surface area contributed by atoms with E-state index in [-0.39, 0.29) is 29.8 Å². The molecular formula is C16H19BrN4O4S. The van der Waals surface area contributed by atoms with E-state index in [2.05, 4.69) is 26.4 Å². The van der Waals surface area contributed by atoms with Crippen molar-refractivity contribution in [3.05, 3.63) is 40.2 Å². The van der Waals surface area contributed by atoms with Crippen LogP contribution in [0.1, 0.15) is 11.5 Å². The van der Waals surface area contributed by atoms with Gasteiger partial charge in [0.15, 0.2) is 5.76 Å². The Kier molecular flexibility index (Phi) is 5.35. The van der Waals surface area contributed by atoms with Crippen molar-refractivity contribution >= 4 is 37.7 Å². The molecule has 140 valence electrons. The average Bonchev–Trinajstić information content (AvgIpc) is 2.96. The van der Waals surface area contributed by atoms with Gasteiger partial charge in [0, 0.05) is 30.7 Å². The minimum Gasteiger partial charge on any atom is -0.360 e. The van der Waals surface area contributed by atoms with Gasteiger partial charge in [-0.15, -0.1) is 0 Å². The van der Waals surface area contributed by atoms with Crippen LogP contribution in [0.5, 0.6) is 0 Å². The summed E-state index contributed by atoms with van der Waals surface area (Å²) in [6.45, 7) is 4.22. The number of carbonyl (C=O) groups excluding carboxylic acids is 1. The smallest absolute Gasteiger partial charge is 0.321 e. The molecule has 2 heterocycles. The summed E-state index contributed by atoms with van der Waals surface area (Å²) in [4.78, 5) is 14.1. The fourth-order valence-electron chi connectivity index (χ4n) is 2.86. The van der Waals surface area contributed by atoms with Crippen LogP contribution >= 0.6 is 15.9 Å². The largest absolute Gasteiger partial charge is 0.360 e. The number of sulfonamides is 1. The monoisotopic (exact) mass is 442 g/mol. The third kappa shape index (κ3) is 3.62. The van der Waals surface area contributed by atoms with Gasteiger partial charge in [-0.05, 0) is 41.9 Å². The molecule has 0 unspecified atom stereocenters. The number of hydrogen-bond donors (Lipinski definition) is 1. The summed E-state index contributed by atoms with van der Waals surface area (Å²) < 4.78 is 32.7. The molecular weight excluding hydrogens is 424 g/mol. The van der Waals surface area contributed by atoms with Crippen molar-refractivity contribution in [2.75, 3.05) is 31.5 Å². The number of para-hydroxylation sites is 1. The van der Waals surface area contributed by atoms with E-state index in [9.17, 15) is 13.2 Å². The lowest BCUT2D eigenvalue weighted by molar-refractivity contribution is 0.184. The molecule has 0 atom stereocenters. The van der Waals surface area contributed by atoms with E-state index in [0.717, 1.165) is 4.47 Å². The van der Waals surface area contributed by atoms with Crippen molar-refractivity contribution in [1.29, 1.82) is 0 Å². The maximum Gasteiger partial charge on any atom is 0.321 e. The number of amides is 2. The van der Waals surface area contributed by atoms with Crippen molar-refractivity contribution in [2.24, 2.45) is 0 Å². The molecule has 0 spiro atoms. The van der Waals surface area contributed by atoms with Crippen LogP contribution in [0.3, 0.4) is 0 Å². The number of halogens is 1. The van der Waals surface area contributed by atoms with Gasteiger partial charge >= 0.3 is 6.03 Å². The molecule has 1 aromatic heterocycles. The van der Waals surface area contributed by atoms with Crippen LogP contribution in [0.25, 0.3) is 0 Å². The number of anilines is 1. The van der Waals surface area contributed by atoms with Gasteiger partial charge in [0.1, 0.15) is 10.6 Å². The van der Waals surface area contributed by atoms with Crippen LogP contribution in [0.4, 0.5) is 10.5 Å². The van der Waals surface area contributed by atoms with E-state index >= 15 is 0 Å². The van der Waals surface area contributed by atoms with Crippen LogP contribution in [0.2, 0.25) is 0 Å². The minimum atomic E-state index is -3.68. The zero-order valence-corrected chi connectivity index (χ0v) is 16.8. The number of piperazine rings is 1. The summed E-state index contributed by atoms with van der Waals surface area (Å²) >= 11 is 3.38. The Balaban J connectivity index is 1.66. The first-order valence-electron chi connectivity index (χ1n) is 8.04. The normalized spacial score (nSPS) is 15.9. The van der Waals surface area contributed by atoms with E-state index in [4.69, 9.17) is 4.52 Å². The molecule has 0 radical (unpaired) electrons. The SMILES string of the molecule is Cc1noc(C)c1S(=O)(=O)N1CCN(C(=O)Nc2ccccc2Br)CC1. The predicted octanol–water partition coefficient (Wildman–Crippen LogP) is 2.59. The van der Waals surface area contributed by atoms with E-state index < -0.39 is 10.0 Å². The average molecular weight is 443 g/mol. The lowest BCUT2D eigenvalue weighted by Crippen LogP contribution is -2.51. The van der Waals surface area contributed by atoms with E-state index in [1.54, 1.807) is 24.8 Å². The highest BCUT2D eigenvalue weighted by atomic mass is 79.9. The number of aryl methyl sites for hydroxylation is 2. The lowest BCUT2D eigenvalue weighted by Gasteiger charge is -2.33. The minimum absolute atomic E-state index is 0.114. The van der Waals surface area contributed by atoms with Gasteiger partial charge in [-0.1, -0.05) is 17.3 Å². The lowest BCUT2D eigenvalue weighted by atomic mass is 10.3. The molecule has 8 nitrogen and oxygen atoms in total. The highest BCUT2D eigenvalue weighted by Crippen LogP contribution is 2.25. The number of nitrogens with one attached hydrogen (secondary N) is 1. The third-order valence-corrected chi connectivity index (χ3v) is 7.04. The quantitative estimate of drug-likeness (QED) is 0.787. The van der Waals surface area contributed by atoms with Crippen molar-refractivity contribution < 1.29 is 17.7 Å². The molecule has 10 heteroatoms. The number of hydrogen-bond acceptors (Lipinski definition) is 5. The number of carbonyl (C=O) groups is 1. The number of benzene rings is 1. The summed E-state index contributed by atoms with van der Waals surface area (Å²) in [6.07, 6.45) is 0. The number of rotatable bonds is 3. The van der Waals surface area contributed by atoms with Gasteiger partial charge in [-0.3, -0.25) is 0 Å². The highest BCUT2D eigenvalue weighted by molar-refractivity contribution is 9.10. The molecule has 0 aliphatic carbocycles. The summed E-state index contributed by atoms with van der Waals surface area (Å²) in [5.74, 6) is 0.275. The second-order valence-electron chi connectivity index (χ2n) is 5.95. The van der Waals surface area contributed by atoms with Crippen molar-refractivity contribution in [2.45, 2.75) is 18.7 Å². The van der Waals surface area contributed by atoms with Crippen molar-refractivity contribution in [3.63, 3.8) is 0 Å². The topological polar surface area (TPSA) is 95.8 Å². The predicted molar refractivity (Wildman–Crippen MR) is 99.5 cm³/mol. The molecule has 1 N–H and O–H groups in total. The third-order valence-electron chi connectivity index (χ3n) is 4.21. The van der Waals surface area contributed by atoms with Gasteiger partial charge in [-0.2, -0.15) is 4.31 Å². The molecule has 1 aliphatic rings. The molecule has 2 amide bonds. The number of nitrogens with zero attached hydrogens (tertiary/aromatic N) is 3. The Morgan fingerprint density at radius 3 is 2.42 bits per heavy atom. The second-order valence-corrected chi connectivity index (χ2v) is 8.68. The van der Waals surface area contributed by atoms with Crippen LogP contribution < -0.4 is 5.32 Å². The van der Waals surface area contributed by atoms with Gasteiger partial charge in [0.2, 0.25) is 10.0 Å². The number of aromatic nitrogens is 1. The first kappa shape index (κ1) is 18.9. The Morgan fingerprint density at radius 2 is 1.85 bits per heavy atom. The van der Waals surface area contributed by atoms with Gasteiger partial charge in [0.25, 0.3) is 0 Å². The summed E-state index contributed by atoms with van der Waals surface area (Å²) in [6, 6.07) is 7.06. The fraction of sp³-hybridized carbons (Fsp3) is 0.375. The molecule has 1 aliphatic heterocycles. The van der Waals surface area contributed by atoms with Crippen molar-refractivity contribution in [3.8, 4) is 0 Å². The molecule has 1 aromatic carbocycles. The van der Waals surface area contributed by atoms with Crippen molar-refractivity contribution in [1.82, 2.24) is 14.4 Å². The first-order chi connectivity index (χ1) is 12.3. The summed E-state index contributed by atoms with van der Waals surface area (Å²) in [7, 11) is -3.68. The van der Waals surface area contributed by atoms with Gasteiger partial charge in [-0.25, -0.2) is 13.2 Å². The zero-order valence-electron chi connectivity index (χ0n) is 14.4. The molecule has 0 saturated carbocycles. The molecule has 26 heavy (non-hydrogen) atoms. The standard InChI is InChI=1S/C16H19BrN4O4S/c1-11-15(12(2)25-19-11)26(23,24)21-9-7-20(8-10-21)16(22)18-14-6-4-3-5-13(14)17/h3-6H,7-10H2,1-2H3,(H,18,22). The number of urea groups is 1. The summed E-state index contributed by atoms with van der Waals surface area (Å²) in [5.41, 5.74) is 1.01. The Bertz CT molecular complexity index is 901. The van der Waals surface area contributed by atoms with E-state index in [1.165, 1.54) is 4.31 Å². The van der Waals surface area contributed by atoms with Crippen LogP contribution in [-0.4, -0.2) is 55.0 Å². The Morgan fingerprint density at radius 1 is 1.19 bits per heavy atom. The van der Waals surface area contributed by atoms with Crippen LogP contribution in [-0.2, 0) is 10.0 Å². The molecule has 1 saturated heterocycles. The summed E-state index contributed by atoms with van der Waals surface area (Å²) in [5, 5.41) is 6.54. The highest BCUT2D eigenvalue weighted by Gasteiger charge is 2.34. The first-order valence-corrected chi connectivity index (χ1v) is 10.3. The Labute approximate surface area is 160 Å². The zero-order chi connectivity index (χ0) is 18.9. The van der Waals surface area contributed by atoms with E-state index in [1.807, 2.05) is 18.2 Å². The second kappa shape index (κ2) is 7.37.